The number of hydrogen-bond donors (Lipinski definition) is 1. The number of nitrogens with zero attached hydrogens (tertiary/aromatic N) is 1. The lowest BCUT2D eigenvalue weighted by atomic mass is 10.1. The molecule has 0 aliphatic carbocycles. The topological polar surface area (TPSA) is 106 Å². The Hall–Kier alpha value is -2.74. The summed E-state index contributed by atoms with van der Waals surface area (Å²) in [6, 6.07) is 10.6. The van der Waals surface area contributed by atoms with Gasteiger partial charge in [-0.1, -0.05) is 18.2 Å². The first-order chi connectivity index (χ1) is 11.2. The second kappa shape index (κ2) is 6.79. The molecule has 0 heterocycles. The van der Waals surface area contributed by atoms with Crippen LogP contribution in [0.3, 0.4) is 0 Å². The van der Waals surface area contributed by atoms with Gasteiger partial charge in [0.15, 0.2) is 9.84 Å². The fourth-order valence-corrected chi connectivity index (χ4v) is 2.98. The number of hydrogen-bond acceptors (Lipinski definition) is 5. The van der Waals surface area contributed by atoms with E-state index in [0.29, 0.717) is 16.8 Å². The average Bonchev–Trinajstić information content (AvgIpc) is 2.47. The van der Waals surface area contributed by atoms with Gasteiger partial charge in [0, 0.05) is 29.1 Å². The van der Waals surface area contributed by atoms with Crippen molar-refractivity contribution < 1.29 is 18.1 Å². The molecule has 8 heteroatoms. The molecule has 0 bridgehead atoms. The van der Waals surface area contributed by atoms with E-state index in [0.717, 1.165) is 6.26 Å². The molecule has 0 aliphatic heterocycles. The summed E-state index contributed by atoms with van der Waals surface area (Å²) in [5.74, 6) is -0.632. The van der Waals surface area contributed by atoms with Crippen molar-refractivity contribution in [1.29, 1.82) is 0 Å². The van der Waals surface area contributed by atoms with Gasteiger partial charge < -0.3 is 5.32 Å². The Morgan fingerprint density at radius 2 is 1.92 bits per heavy atom. The minimum atomic E-state index is -3.21. The third-order valence-electron chi connectivity index (χ3n) is 3.28. The van der Waals surface area contributed by atoms with E-state index < -0.39 is 20.7 Å². The lowest BCUT2D eigenvalue weighted by Crippen LogP contribution is -2.13. The Balaban J connectivity index is 2.23. The fraction of sp³-hybridized carbons (Fsp3) is 0.188. The van der Waals surface area contributed by atoms with E-state index in [1.165, 1.54) is 12.1 Å². The highest BCUT2D eigenvalue weighted by molar-refractivity contribution is 7.89. The molecule has 0 spiro atoms. The molecule has 0 unspecified atom stereocenters. The van der Waals surface area contributed by atoms with Gasteiger partial charge >= 0.3 is 0 Å². The molecule has 0 radical (unpaired) electrons. The zero-order chi connectivity index (χ0) is 17.9. The van der Waals surface area contributed by atoms with Gasteiger partial charge in [-0.15, -0.1) is 0 Å². The number of aryl methyl sites for hydroxylation is 1. The van der Waals surface area contributed by atoms with Crippen LogP contribution in [0.15, 0.2) is 42.5 Å². The number of carbonyl (C=O) groups is 1. The van der Waals surface area contributed by atoms with Crippen LogP contribution >= 0.6 is 0 Å². The van der Waals surface area contributed by atoms with E-state index in [1.54, 1.807) is 37.3 Å². The van der Waals surface area contributed by atoms with E-state index in [9.17, 15) is 23.3 Å². The van der Waals surface area contributed by atoms with Gasteiger partial charge in [0.1, 0.15) is 0 Å². The molecule has 1 amide bonds. The van der Waals surface area contributed by atoms with Crippen molar-refractivity contribution in [3.63, 3.8) is 0 Å². The van der Waals surface area contributed by atoms with Crippen molar-refractivity contribution in [2.75, 3.05) is 11.6 Å². The molecule has 0 saturated carbocycles. The van der Waals surface area contributed by atoms with Crippen LogP contribution in [0.5, 0.6) is 0 Å². The number of carbonyl (C=O) groups excluding carboxylic acids is 1. The van der Waals surface area contributed by atoms with Gasteiger partial charge in [-0.05, 0) is 30.7 Å². The summed E-state index contributed by atoms with van der Waals surface area (Å²) in [5, 5.41) is 13.5. The van der Waals surface area contributed by atoms with Crippen molar-refractivity contribution in [3.8, 4) is 0 Å². The second-order valence-electron chi connectivity index (χ2n) is 5.48. The van der Waals surface area contributed by atoms with E-state index in [-0.39, 0.29) is 17.0 Å². The Bertz CT molecular complexity index is 906. The molecule has 126 valence electrons. The Kier molecular flexibility index (Phi) is 4.99. The SMILES string of the molecule is Cc1ccc(NC(=O)c2cccc(CS(C)(=O)=O)c2)cc1[N+](=O)[O-]. The first-order valence-electron chi connectivity index (χ1n) is 6.99. The van der Waals surface area contributed by atoms with Crippen molar-refractivity contribution in [2.24, 2.45) is 0 Å². The Labute approximate surface area is 139 Å². The smallest absolute Gasteiger partial charge is 0.274 e. The molecule has 2 aromatic rings. The maximum absolute atomic E-state index is 12.3. The summed E-state index contributed by atoms with van der Waals surface area (Å²) in [5.41, 5.74) is 1.48. The second-order valence-corrected chi connectivity index (χ2v) is 7.62. The van der Waals surface area contributed by atoms with Crippen LogP contribution in [-0.4, -0.2) is 25.5 Å². The molecule has 0 aliphatic rings. The highest BCUT2D eigenvalue weighted by Crippen LogP contribution is 2.22. The molecule has 7 nitrogen and oxygen atoms in total. The first-order valence-corrected chi connectivity index (χ1v) is 9.05. The number of nitro benzene ring substituents is 1. The van der Waals surface area contributed by atoms with Crippen LogP contribution in [0.2, 0.25) is 0 Å². The number of nitro groups is 1. The van der Waals surface area contributed by atoms with Crippen LogP contribution in [0.1, 0.15) is 21.5 Å². The van der Waals surface area contributed by atoms with Crippen molar-refractivity contribution in [3.05, 3.63) is 69.3 Å². The number of sulfone groups is 1. The monoisotopic (exact) mass is 348 g/mol. The quantitative estimate of drug-likeness (QED) is 0.660. The minimum absolute atomic E-state index is 0.0846. The summed E-state index contributed by atoms with van der Waals surface area (Å²) >= 11 is 0. The molecule has 0 aromatic heterocycles. The molecular formula is C16H16N2O5S. The number of anilines is 1. The maximum atomic E-state index is 12.3. The van der Waals surface area contributed by atoms with E-state index in [1.807, 2.05) is 0 Å². The van der Waals surface area contributed by atoms with Gasteiger partial charge in [-0.25, -0.2) is 8.42 Å². The minimum Gasteiger partial charge on any atom is -0.322 e. The van der Waals surface area contributed by atoms with E-state index in [4.69, 9.17) is 0 Å². The Morgan fingerprint density at radius 1 is 1.21 bits per heavy atom. The number of nitrogens with one attached hydrogen (secondary N) is 1. The largest absolute Gasteiger partial charge is 0.322 e. The number of amides is 1. The summed E-state index contributed by atoms with van der Waals surface area (Å²) in [4.78, 5) is 22.7. The van der Waals surface area contributed by atoms with Crippen molar-refractivity contribution in [1.82, 2.24) is 0 Å². The standard InChI is InChI=1S/C16H16N2O5S/c1-11-6-7-14(9-15(11)18(20)21)17-16(19)13-5-3-4-12(8-13)10-24(2,22)23/h3-9H,10H2,1-2H3,(H,17,19). The molecule has 0 atom stereocenters. The summed E-state index contributed by atoms with van der Waals surface area (Å²) < 4.78 is 22.7. The van der Waals surface area contributed by atoms with Gasteiger partial charge in [0.05, 0.1) is 10.7 Å². The highest BCUT2D eigenvalue weighted by Gasteiger charge is 2.14. The van der Waals surface area contributed by atoms with Crippen molar-refractivity contribution in [2.45, 2.75) is 12.7 Å². The number of benzene rings is 2. The molecular weight excluding hydrogens is 332 g/mol. The summed E-state index contributed by atoms with van der Waals surface area (Å²) in [7, 11) is -3.21. The summed E-state index contributed by atoms with van der Waals surface area (Å²) in [6.07, 6.45) is 1.12. The third kappa shape index (κ3) is 4.63. The Morgan fingerprint density at radius 3 is 2.54 bits per heavy atom. The van der Waals surface area contributed by atoms with Gasteiger partial charge in [0.25, 0.3) is 11.6 Å². The zero-order valence-electron chi connectivity index (χ0n) is 13.1. The van der Waals surface area contributed by atoms with Crippen molar-refractivity contribution >= 4 is 27.1 Å². The van der Waals surface area contributed by atoms with Gasteiger partial charge in [0.2, 0.25) is 0 Å². The van der Waals surface area contributed by atoms with Gasteiger partial charge in [-0.2, -0.15) is 0 Å². The van der Waals surface area contributed by atoms with E-state index >= 15 is 0 Å². The maximum Gasteiger partial charge on any atom is 0.274 e. The molecule has 2 aromatic carbocycles. The lowest BCUT2D eigenvalue weighted by molar-refractivity contribution is -0.385. The third-order valence-corrected chi connectivity index (χ3v) is 4.14. The van der Waals surface area contributed by atoms with Crippen LogP contribution < -0.4 is 5.32 Å². The van der Waals surface area contributed by atoms with E-state index in [2.05, 4.69) is 5.32 Å². The molecule has 24 heavy (non-hydrogen) atoms. The van der Waals surface area contributed by atoms with Crippen LogP contribution in [-0.2, 0) is 15.6 Å². The predicted molar refractivity (Wildman–Crippen MR) is 90.8 cm³/mol. The zero-order valence-corrected chi connectivity index (χ0v) is 14.0. The average molecular weight is 348 g/mol. The predicted octanol–water partition coefficient (Wildman–Crippen LogP) is 2.70. The normalized spacial score (nSPS) is 11.1. The van der Waals surface area contributed by atoms with Crippen LogP contribution in [0.25, 0.3) is 0 Å². The lowest BCUT2D eigenvalue weighted by Gasteiger charge is -2.07. The number of rotatable bonds is 5. The molecule has 1 N–H and O–H groups in total. The first kappa shape index (κ1) is 17.6. The highest BCUT2D eigenvalue weighted by atomic mass is 32.2. The molecule has 0 fully saturated rings. The van der Waals surface area contributed by atoms with Crippen LogP contribution in [0.4, 0.5) is 11.4 Å². The fourth-order valence-electron chi connectivity index (χ4n) is 2.19. The van der Waals surface area contributed by atoms with Gasteiger partial charge in [-0.3, -0.25) is 14.9 Å². The molecule has 2 rings (SSSR count). The summed E-state index contributed by atoms with van der Waals surface area (Å²) in [6.45, 7) is 1.61. The molecule has 0 saturated heterocycles. The van der Waals surface area contributed by atoms with Crippen LogP contribution in [0, 0.1) is 17.0 Å².